The smallest absolute Gasteiger partial charge is 0.0734 e. The molecule has 8 fully saturated rings. The minimum absolute atomic E-state index is 0.280. The second-order valence-electron chi connectivity index (χ2n) is 14.9. The zero-order valence-electron chi connectivity index (χ0n) is 22.7. The Morgan fingerprint density at radius 1 is 0.667 bits per heavy atom. The molecule has 2 heterocycles. The summed E-state index contributed by atoms with van der Waals surface area (Å²) in [4.78, 5) is 9.43. The molecule has 1 N–H and O–H groups in total. The van der Waals surface area contributed by atoms with Gasteiger partial charge in [-0.2, -0.15) is 0 Å². The predicted octanol–water partition coefficient (Wildman–Crippen LogP) is 9.78. The molecule has 8 bridgehead atoms. The molecule has 1 aromatic heterocycles. The second kappa shape index (κ2) is 8.39. The minimum Gasteiger partial charge on any atom is -0.358 e. The van der Waals surface area contributed by atoms with Gasteiger partial charge in [-0.25, -0.2) is 0 Å². The van der Waals surface area contributed by atoms with Gasteiger partial charge in [0.25, 0.3) is 0 Å². The van der Waals surface area contributed by atoms with Crippen LogP contribution < -0.4 is 0 Å². The molecule has 2 nitrogen and oxygen atoms in total. The van der Waals surface area contributed by atoms with Crippen molar-refractivity contribution in [2.24, 2.45) is 45.9 Å². The molecule has 39 heavy (non-hydrogen) atoms. The summed E-state index contributed by atoms with van der Waals surface area (Å²) in [6.07, 6.45) is 21.4. The van der Waals surface area contributed by atoms with Crippen molar-refractivity contribution >= 4 is 34.5 Å². The zero-order chi connectivity index (χ0) is 25.9. The van der Waals surface area contributed by atoms with Gasteiger partial charge < -0.3 is 4.98 Å². The number of rotatable bonds is 4. The Morgan fingerprint density at radius 2 is 1.18 bits per heavy atom. The molecule has 4 heteroatoms. The molecule has 0 radical (unpaired) electrons. The summed E-state index contributed by atoms with van der Waals surface area (Å²) < 4.78 is 0. The van der Waals surface area contributed by atoms with Crippen LogP contribution >= 0.6 is 23.2 Å². The van der Waals surface area contributed by atoms with E-state index < -0.39 is 0 Å². The molecular formula is C35H38Cl2N2. The van der Waals surface area contributed by atoms with E-state index in [4.69, 9.17) is 28.2 Å². The van der Waals surface area contributed by atoms with Crippen molar-refractivity contribution in [3.63, 3.8) is 0 Å². The normalized spacial score (nSPS) is 42.5. The van der Waals surface area contributed by atoms with Crippen LogP contribution in [0.1, 0.15) is 94.0 Å². The highest BCUT2D eigenvalue weighted by Gasteiger charge is 2.54. The van der Waals surface area contributed by atoms with Gasteiger partial charge in [0.1, 0.15) is 0 Å². The molecule has 11 rings (SSSR count). The highest BCUT2D eigenvalue weighted by atomic mass is 35.5. The summed E-state index contributed by atoms with van der Waals surface area (Å²) in [6.45, 7) is 0. The Hall–Kier alpha value is -1.77. The van der Waals surface area contributed by atoms with Crippen molar-refractivity contribution in [1.29, 1.82) is 0 Å². The number of aromatic nitrogens is 1. The molecule has 0 saturated heterocycles. The third kappa shape index (κ3) is 3.62. The lowest BCUT2D eigenvalue weighted by molar-refractivity contribution is -0.0117. The van der Waals surface area contributed by atoms with E-state index in [1.807, 2.05) is 18.2 Å². The van der Waals surface area contributed by atoms with Crippen LogP contribution in [0.3, 0.4) is 0 Å². The van der Waals surface area contributed by atoms with E-state index in [1.54, 1.807) is 0 Å². The first-order valence-electron chi connectivity index (χ1n) is 15.6. The first-order valence-corrected chi connectivity index (χ1v) is 16.4. The number of aromatic amines is 1. The molecule has 0 unspecified atom stereocenters. The van der Waals surface area contributed by atoms with Crippen LogP contribution in [0, 0.1) is 40.9 Å². The standard InChI is InChI=1S/C35H38Cl2N2/c36-26-2-1-3-27(37)32(26)33(28-4-6-30(38-28)34-14-20-8-21(15-34)10-22(9-20)16-34)29-5-7-31(39-29)35-17-23-11-24(18-35)13-25(12-23)19-35/h1-7,20-25,38H,8-19H2/b33-29+/t20-,21-,22?,23-,24-,25?,34?,35?/m1/s1. The SMILES string of the molecule is Clc1cccc(Cl)c1/C(=C1\C=CC(C23CC4C[C@H](C2)C[C@H](C4)C3)=N1)c1ccc(C23CC4C[C@H](C2)C[C@H](C4)C3)[nH]1. The molecule has 0 amide bonds. The summed E-state index contributed by atoms with van der Waals surface area (Å²) in [5.74, 6) is 5.48. The Labute approximate surface area is 242 Å². The second-order valence-corrected chi connectivity index (χ2v) is 15.7. The molecule has 0 atom stereocenters. The molecule has 9 aliphatic rings. The number of hydrogen-bond acceptors (Lipinski definition) is 1. The molecule has 0 spiro atoms. The lowest BCUT2D eigenvalue weighted by Crippen LogP contribution is -2.49. The molecule has 1 aliphatic heterocycles. The van der Waals surface area contributed by atoms with E-state index in [1.165, 1.54) is 88.5 Å². The van der Waals surface area contributed by atoms with Crippen molar-refractivity contribution < 1.29 is 0 Å². The van der Waals surface area contributed by atoms with Gasteiger partial charge in [-0.3, -0.25) is 4.99 Å². The topological polar surface area (TPSA) is 28.1 Å². The van der Waals surface area contributed by atoms with Crippen LogP contribution in [-0.4, -0.2) is 10.7 Å². The number of halogens is 2. The summed E-state index contributed by atoms with van der Waals surface area (Å²) in [5, 5.41) is 1.39. The van der Waals surface area contributed by atoms with Crippen LogP contribution in [0.5, 0.6) is 0 Å². The fraction of sp³-hybridized carbons (Fsp3) is 0.571. The summed E-state index contributed by atoms with van der Waals surface area (Å²) >= 11 is 13.8. The van der Waals surface area contributed by atoms with Crippen molar-refractivity contribution in [3.8, 4) is 0 Å². The molecular weight excluding hydrogens is 519 g/mol. The first-order chi connectivity index (χ1) is 19.0. The van der Waals surface area contributed by atoms with Crippen molar-refractivity contribution in [2.75, 3.05) is 0 Å². The molecule has 8 saturated carbocycles. The summed E-state index contributed by atoms with van der Waals surface area (Å²) in [5.41, 5.74) is 7.48. The van der Waals surface area contributed by atoms with Crippen molar-refractivity contribution in [2.45, 2.75) is 82.5 Å². The third-order valence-corrected chi connectivity index (χ3v) is 12.9. The summed E-state index contributed by atoms with van der Waals surface area (Å²) in [6, 6.07) is 10.6. The molecule has 202 valence electrons. The van der Waals surface area contributed by atoms with Crippen LogP contribution in [-0.2, 0) is 5.41 Å². The van der Waals surface area contributed by atoms with Gasteiger partial charge in [-0.1, -0.05) is 29.3 Å². The van der Waals surface area contributed by atoms with Gasteiger partial charge in [-0.15, -0.1) is 0 Å². The molecule has 8 aliphatic carbocycles. The maximum Gasteiger partial charge on any atom is 0.0734 e. The van der Waals surface area contributed by atoms with E-state index in [2.05, 4.69) is 29.3 Å². The van der Waals surface area contributed by atoms with E-state index in [0.717, 1.165) is 58.0 Å². The van der Waals surface area contributed by atoms with E-state index >= 15 is 0 Å². The summed E-state index contributed by atoms with van der Waals surface area (Å²) in [7, 11) is 0. The highest BCUT2D eigenvalue weighted by molar-refractivity contribution is 6.38. The van der Waals surface area contributed by atoms with Gasteiger partial charge in [0, 0.05) is 39.1 Å². The van der Waals surface area contributed by atoms with Crippen molar-refractivity contribution in [3.05, 3.63) is 75.2 Å². The number of benzene rings is 1. The average Bonchev–Trinajstić information content (AvgIpc) is 3.56. The van der Waals surface area contributed by atoms with E-state index in [-0.39, 0.29) is 5.41 Å². The minimum atomic E-state index is 0.280. The maximum atomic E-state index is 6.90. The zero-order valence-corrected chi connectivity index (χ0v) is 24.2. The Balaban J connectivity index is 1.16. The quantitative estimate of drug-likeness (QED) is 0.388. The van der Waals surface area contributed by atoms with Gasteiger partial charge >= 0.3 is 0 Å². The van der Waals surface area contributed by atoms with Gasteiger partial charge in [0.05, 0.1) is 15.7 Å². The van der Waals surface area contributed by atoms with E-state index in [9.17, 15) is 0 Å². The number of hydrogen-bond donors (Lipinski definition) is 1. The Kier molecular flexibility index (Phi) is 5.14. The largest absolute Gasteiger partial charge is 0.358 e. The van der Waals surface area contributed by atoms with Gasteiger partial charge in [0.15, 0.2) is 0 Å². The number of aliphatic imine (C=N–C) groups is 1. The predicted molar refractivity (Wildman–Crippen MR) is 160 cm³/mol. The van der Waals surface area contributed by atoms with Gasteiger partial charge in [0.2, 0.25) is 0 Å². The number of nitrogens with one attached hydrogen (secondary N) is 1. The average molecular weight is 558 g/mol. The lowest BCUT2D eigenvalue weighted by Gasteiger charge is -2.56. The maximum absolute atomic E-state index is 6.90. The Morgan fingerprint density at radius 3 is 1.72 bits per heavy atom. The van der Waals surface area contributed by atoms with E-state index in [0.29, 0.717) is 15.5 Å². The molecule has 2 aromatic rings. The van der Waals surface area contributed by atoms with Crippen LogP contribution in [0.15, 0.2) is 53.2 Å². The van der Waals surface area contributed by atoms with Crippen LogP contribution in [0.25, 0.3) is 5.57 Å². The first kappa shape index (κ1) is 23.9. The number of allylic oxidation sites excluding steroid dienone is 2. The number of H-pyrrole nitrogens is 1. The Bertz CT molecular complexity index is 1360. The lowest BCUT2D eigenvalue weighted by atomic mass is 9.48. The highest BCUT2D eigenvalue weighted by Crippen LogP contribution is 2.62. The van der Waals surface area contributed by atoms with Crippen LogP contribution in [0.4, 0.5) is 0 Å². The number of nitrogens with zero attached hydrogens (tertiary/aromatic N) is 1. The van der Waals surface area contributed by atoms with Crippen molar-refractivity contribution in [1.82, 2.24) is 4.98 Å². The van der Waals surface area contributed by atoms with Gasteiger partial charge in [-0.05, 0) is 149 Å². The third-order valence-electron chi connectivity index (χ3n) is 12.3. The van der Waals surface area contributed by atoms with Crippen LogP contribution in [0.2, 0.25) is 10.0 Å². The molecule has 1 aromatic carbocycles. The fourth-order valence-corrected chi connectivity index (χ4v) is 12.2. The fourth-order valence-electron chi connectivity index (χ4n) is 11.6. The monoisotopic (exact) mass is 556 g/mol.